The molecule has 0 radical (unpaired) electrons. The van der Waals surface area contributed by atoms with E-state index < -0.39 is 0 Å². The number of aromatic nitrogens is 6. The van der Waals surface area contributed by atoms with Gasteiger partial charge in [0.1, 0.15) is 12.2 Å². The number of nitrogens with zero attached hydrogens (tertiary/aromatic N) is 7. The maximum Gasteiger partial charge on any atom is 0.233 e. The molecule has 10 heteroatoms. The number of rotatable bonds is 7. The Kier molecular flexibility index (Phi) is 6.44. The number of carbonyl (C=O) groups is 1. The van der Waals surface area contributed by atoms with Crippen molar-refractivity contribution >= 4 is 17.7 Å². The summed E-state index contributed by atoms with van der Waals surface area (Å²) in [5.41, 5.74) is 2.29. The molecule has 0 aliphatic carbocycles. The Hall–Kier alpha value is -2.72. The fourth-order valence-electron chi connectivity index (χ4n) is 3.57. The molecule has 3 heterocycles. The number of nitrogens with one attached hydrogen (secondary N) is 1. The molecule has 0 unspecified atom stereocenters. The average Bonchev–Trinajstić information content (AvgIpc) is 3.41. The van der Waals surface area contributed by atoms with E-state index in [1.807, 2.05) is 28.5 Å². The van der Waals surface area contributed by atoms with Crippen molar-refractivity contribution in [1.82, 2.24) is 39.7 Å². The smallest absolute Gasteiger partial charge is 0.233 e. The lowest BCUT2D eigenvalue weighted by Gasteiger charge is -2.34. The number of thioether (sulfide) groups is 1. The van der Waals surface area contributed by atoms with Crippen molar-refractivity contribution in [3.8, 4) is 5.69 Å². The Morgan fingerprint density at radius 3 is 2.73 bits per heavy atom. The van der Waals surface area contributed by atoms with E-state index in [9.17, 15) is 4.79 Å². The van der Waals surface area contributed by atoms with E-state index in [0.717, 1.165) is 42.0 Å². The molecule has 30 heavy (non-hydrogen) atoms. The third kappa shape index (κ3) is 4.71. The molecular weight excluding hydrogens is 400 g/mol. The SMILES string of the molecule is CCc1ccccc1-n1cnnc1SCC(=O)N1CCN(Cc2n[nH]c(C)n2)CC1. The van der Waals surface area contributed by atoms with Crippen LogP contribution in [0.25, 0.3) is 5.69 Å². The molecule has 3 aromatic rings. The van der Waals surface area contributed by atoms with Gasteiger partial charge < -0.3 is 4.90 Å². The third-order valence-corrected chi connectivity index (χ3v) is 6.13. The second kappa shape index (κ2) is 9.40. The summed E-state index contributed by atoms with van der Waals surface area (Å²) in [4.78, 5) is 21.3. The van der Waals surface area contributed by atoms with Gasteiger partial charge in [0.2, 0.25) is 5.91 Å². The highest BCUT2D eigenvalue weighted by atomic mass is 32.2. The second-order valence-corrected chi connectivity index (χ2v) is 8.19. The Labute approximate surface area is 179 Å². The van der Waals surface area contributed by atoms with Crippen LogP contribution in [0.2, 0.25) is 0 Å². The van der Waals surface area contributed by atoms with Crippen molar-refractivity contribution in [2.24, 2.45) is 0 Å². The quantitative estimate of drug-likeness (QED) is 0.575. The van der Waals surface area contributed by atoms with Gasteiger partial charge in [-0.2, -0.15) is 5.10 Å². The molecule has 2 aromatic heterocycles. The predicted octanol–water partition coefficient (Wildman–Crippen LogP) is 1.69. The van der Waals surface area contributed by atoms with Gasteiger partial charge in [-0.15, -0.1) is 10.2 Å². The number of hydrogen-bond acceptors (Lipinski definition) is 7. The minimum absolute atomic E-state index is 0.131. The van der Waals surface area contributed by atoms with Gasteiger partial charge in [-0.25, -0.2) is 4.98 Å². The van der Waals surface area contributed by atoms with Gasteiger partial charge >= 0.3 is 0 Å². The van der Waals surface area contributed by atoms with Crippen LogP contribution >= 0.6 is 11.8 Å². The molecule has 0 atom stereocenters. The molecule has 1 aromatic carbocycles. The first-order valence-electron chi connectivity index (χ1n) is 10.1. The maximum atomic E-state index is 12.7. The van der Waals surface area contributed by atoms with Gasteiger partial charge in [0.15, 0.2) is 11.0 Å². The molecule has 158 valence electrons. The summed E-state index contributed by atoms with van der Waals surface area (Å²) in [6.45, 7) is 7.81. The molecule has 9 nitrogen and oxygen atoms in total. The summed E-state index contributed by atoms with van der Waals surface area (Å²) in [5.74, 6) is 2.11. The van der Waals surface area contributed by atoms with E-state index in [1.54, 1.807) is 6.33 Å². The van der Waals surface area contributed by atoms with Crippen LogP contribution in [0.3, 0.4) is 0 Å². The van der Waals surface area contributed by atoms with E-state index in [0.29, 0.717) is 25.4 Å². The highest BCUT2D eigenvalue weighted by Crippen LogP contribution is 2.23. The van der Waals surface area contributed by atoms with Crippen LogP contribution < -0.4 is 0 Å². The van der Waals surface area contributed by atoms with Crippen molar-refractivity contribution in [2.75, 3.05) is 31.9 Å². The Morgan fingerprint density at radius 2 is 2.00 bits per heavy atom. The Bertz CT molecular complexity index is 992. The number of H-pyrrole nitrogens is 1. The highest BCUT2D eigenvalue weighted by molar-refractivity contribution is 7.99. The van der Waals surface area contributed by atoms with Gasteiger partial charge in [0.25, 0.3) is 0 Å². The summed E-state index contributed by atoms with van der Waals surface area (Å²) in [5, 5.41) is 16.1. The molecule has 1 saturated heterocycles. The minimum atomic E-state index is 0.131. The van der Waals surface area contributed by atoms with Crippen molar-refractivity contribution in [3.63, 3.8) is 0 Å². The minimum Gasteiger partial charge on any atom is -0.339 e. The second-order valence-electron chi connectivity index (χ2n) is 7.25. The number of carbonyl (C=O) groups excluding carboxylic acids is 1. The van der Waals surface area contributed by atoms with Gasteiger partial charge in [0.05, 0.1) is 18.0 Å². The maximum absolute atomic E-state index is 12.7. The van der Waals surface area contributed by atoms with Crippen LogP contribution in [0.15, 0.2) is 35.7 Å². The molecule has 0 spiro atoms. The largest absolute Gasteiger partial charge is 0.339 e. The third-order valence-electron chi connectivity index (χ3n) is 5.21. The van der Waals surface area contributed by atoms with E-state index in [-0.39, 0.29) is 5.91 Å². The molecular formula is C20H26N8OS. The standard InChI is InChI=1S/C20H26N8OS/c1-3-16-6-4-5-7-17(16)28-14-21-25-20(28)30-13-19(29)27-10-8-26(9-11-27)12-18-22-15(2)23-24-18/h4-7,14H,3,8-13H2,1-2H3,(H,22,23,24). The fourth-order valence-corrected chi connectivity index (χ4v) is 4.39. The lowest BCUT2D eigenvalue weighted by atomic mass is 10.1. The predicted molar refractivity (Wildman–Crippen MR) is 114 cm³/mol. The zero-order chi connectivity index (χ0) is 20.9. The van der Waals surface area contributed by atoms with Crippen molar-refractivity contribution in [1.29, 1.82) is 0 Å². The fraction of sp³-hybridized carbons (Fsp3) is 0.450. The van der Waals surface area contributed by atoms with Crippen LogP contribution in [0.5, 0.6) is 0 Å². The molecule has 1 aliphatic heterocycles. The average molecular weight is 427 g/mol. The zero-order valence-corrected chi connectivity index (χ0v) is 18.1. The molecule has 4 rings (SSSR count). The molecule has 1 fully saturated rings. The Morgan fingerprint density at radius 1 is 1.20 bits per heavy atom. The topological polar surface area (TPSA) is 95.8 Å². The van der Waals surface area contributed by atoms with Crippen LogP contribution in [-0.4, -0.2) is 77.6 Å². The van der Waals surface area contributed by atoms with Crippen LogP contribution in [0.1, 0.15) is 24.1 Å². The lowest BCUT2D eigenvalue weighted by Crippen LogP contribution is -2.48. The summed E-state index contributed by atoms with van der Waals surface area (Å²) in [6.07, 6.45) is 2.64. The molecule has 1 aliphatic rings. The number of piperazine rings is 1. The van der Waals surface area contributed by atoms with Gasteiger partial charge in [-0.1, -0.05) is 36.9 Å². The number of aryl methyl sites for hydroxylation is 2. The summed E-state index contributed by atoms with van der Waals surface area (Å²) in [6, 6.07) is 8.21. The van der Waals surface area contributed by atoms with Crippen molar-refractivity contribution < 1.29 is 4.79 Å². The van der Waals surface area contributed by atoms with Crippen LogP contribution in [-0.2, 0) is 17.8 Å². The van der Waals surface area contributed by atoms with Crippen molar-refractivity contribution in [3.05, 3.63) is 47.8 Å². The zero-order valence-electron chi connectivity index (χ0n) is 17.3. The number of amides is 1. The molecule has 1 N–H and O–H groups in total. The number of benzene rings is 1. The van der Waals surface area contributed by atoms with Crippen molar-refractivity contribution in [2.45, 2.75) is 32.0 Å². The first-order chi connectivity index (χ1) is 14.6. The molecule has 0 bridgehead atoms. The number of para-hydroxylation sites is 1. The lowest BCUT2D eigenvalue weighted by molar-refractivity contribution is -0.130. The van der Waals surface area contributed by atoms with Gasteiger partial charge in [-0.05, 0) is 25.0 Å². The summed E-state index contributed by atoms with van der Waals surface area (Å²) in [7, 11) is 0. The van der Waals surface area contributed by atoms with Crippen LogP contribution in [0.4, 0.5) is 0 Å². The Balaban J connectivity index is 1.30. The first-order valence-corrected chi connectivity index (χ1v) is 11.1. The highest BCUT2D eigenvalue weighted by Gasteiger charge is 2.22. The van der Waals surface area contributed by atoms with Gasteiger partial charge in [-0.3, -0.25) is 19.4 Å². The van der Waals surface area contributed by atoms with E-state index >= 15 is 0 Å². The normalized spacial score (nSPS) is 14.9. The first kappa shape index (κ1) is 20.5. The van der Waals surface area contributed by atoms with E-state index in [4.69, 9.17) is 0 Å². The molecule has 1 amide bonds. The number of aromatic amines is 1. The number of hydrogen-bond donors (Lipinski definition) is 1. The monoisotopic (exact) mass is 426 g/mol. The summed E-state index contributed by atoms with van der Waals surface area (Å²) >= 11 is 1.44. The van der Waals surface area contributed by atoms with E-state index in [2.05, 4.69) is 49.3 Å². The molecule has 0 saturated carbocycles. The summed E-state index contributed by atoms with van der Waals surface area (Å²) < 4.78 is 1.97. The van der Waals surface area contributed by atoms with Gasteiger partial charge in [0, 0.05) is 26.2 Å². The van der Waals surface area contributed by atoms with E-state index in [1.165, 1.54) is 17.3 Å². The van der Waals surface area contributed by atoms with Crippen LogP contribution in [0, 0.1) is 6.92 Å².